The van der Waals surface area contributed by atoms with E-state index in [1.54, 1.807) is 24.3 Å². The molecule has 0 heterocycles. The maximum absolute atomic E-state index is 10.9. The maximum Gasteiger partial charge on any atom is 0.311 e. The van der Waals surface area contributed by atoms with Crippen LogP contribution in [0.2, 0.25) is 0 Å². The number of nitro groups is 1. The predicted molar refractivity (Wildman–Crippen MR) is 76.8 cm³/mol. The predicted octanol–water partition coefficient (Wildman–Crippen LogP) is 3.80. The Morgan fingerprint density at radius 3 is 2.70 bits per heavy atom. The number of hydrogen-bond donors (Lipinski definition) is 1. The lowest BCUT2D eigenvalue weighted by atomic mass is 10.1. The Hall–Kier alpha value is -2.40. The van der Waals surface area contributed by atoms with Crippen molar-refractivity contribution >= 4 is 5.69 Å². The molecular weight excluding hydrogens is 256 g/mol. The summed E-state index contributed by atoms with van der Waals surface area (Å²) in [5, 5.41) is 10.9. The fourth-order valence-corrected chi connectivity index (χ4v) is 1.87. The molecule has 0 aliphatic carbocycles. The summed E-state index contributed by atoms with van der Waals surface area (Å²) in [6.07, 6.45) is 0.814. The van der Waals surface area contributed by atoms with E-state index in [0.29, 0.717) is 5.75 Å². The SMILES string of the molecule is CCC(N)c1cccc(Oc2ccccc2[N+](=O)[O-])c1. The number of hydrogen-bond acceptors (Lipinski definition) is 4. The second kappa shape index (κ2) is 6.16. The molecule has 0 aliphatic rings. The van der Waals surface area contributed by atoms with Crippen molar-refractivity contribution in [3.05, 3.63) is 64.2 Å². The van der Waals surface area contributed by atoms with Crippen molar-refractivity contribution in [2.45, 2.75) is 19.4 Å². The van der Waals surface area contributed by atoms with Gasteiger partial charge in [0.1, 0.15) is 5.75 Å². The fourth-order valence-electron chi connectivity index (χ4n) is 1.87. The molecule has 2 rings (SSSR count). The van der Waals surface area contributed by atoms with Crippen LogP contribution in [0.5, 0.6) is 11.5 Å². The summed E-state index contributed by atoms with van der Waals surface area (Å²) >= 11 is 0. The molecule has 0 saturated carbocycles. The molecule has 0 bridgehead atoms. The molecule has 5 nitrogen and oxygen atoms in total. The van der Waals surface area contributed by atoms with Crippen molar-refractivity contribution in [3.63, 3.8) is 0 Å². The summed E-state index contributed by atoms with van der Waals surface area (Å²) in [7, 11) is 0. The fraction of sp³-hybridized carbons (Fsp3) is 0.200. The number of benzene rings is 2. The van der Waals surface area contributed by atoms with Crippen molar-refractivity contribution in [1.82, 2.24) is 0 Å². The average molecular weight is 272 g/mol. The van der Waals surface area contributed by atoms with Crippen LogP contribution in [0, 0.1) is 10.1 Å². The molecule has 2 aromatic carbocycles. The van der Waals surface area contributed by atoms with Gasteiger partial charge in [-0.15, -0.1) is 0 Å². The van der Waals surface area contributed by atoms with Crippen molar-refractivity contribution in [2.75, 3.05) is 0 Å². The van der Waals surface area contributed by atoms with Crippen LogP contribution in [0.1, 0.15) is 24.9 Å². The molecule has 2 aromatic rings. The normalized spacial score (nSPS) is 11.9. The summed E-state index contributed by atoms with van der Waals surface area (Å²) in [6.45, 7) is 2.00. The first-order chi connectivity index (χ1) is 9.61. The van der Waals surface area contributed by atoms with E-state index in [9.17, 15) is 10.1 Å². The molecule has 0 spiro atoms. The lowest BCUT2D eigenvalue weighted by Crippen LogP contribution is -2.08. The molecule has 0 aromatic heterocycles. The Kier molecular flexibility index (Phi) is 4.32. The van der Waals surface area contributed by atoms with Gasteiger partial charge in [0.25, 0.3) is 0 Å². The van der Waals surface area contributed by atoms with Crippen LogP contribution >= 0.6 is 0 Å². The lowest BCUT2D eigenvalue weighted by molar-refractivity contribution is -0.385. The first-order valence-electron chi connectivity index (χ1n) is 6.38. The minimum atomic E-state index is -0.461. The van der Waals surface area contributed by atoms with E-state index in [1.165, 1.54) is 6.07 Å². The average Bonchev–Trinajstić information content (AvgIpc) is 2.47. The zero-order valence-corrected chi connectivity index (χ0v) is 11.2. The van der Waals surface area contributed by atoms with Gasteiger partial charge in [0.2, 0.25) is 5.75 Å². The number of nitrogens with zero attached hydrogens (tertiary/aromatic N) is 1. The van der Waals surface area contributed by atoms with E-state index in [1.807, 2.05) is 25.1 Å². The summed E-state index contributed by atoms with van der Waals surface area (Å²) in [6, 6.07) is 13.5. The third kappa shape index (κ3) is 3.13. The van der Waals surface area contributed by atoms with Gasteiger partial charge < -0.3 is 10.5 Å². The molecule has 1 unspecified atom stereocenters. The topological polar surface area (TPSA) is 78.4 Å². The zero-order valence-electron chi connectivity index (χ0n) is 11.2. The Bertz CT molecular complexity index is 614. The Morgan fingerprint density at radius 2 is 2.00 bits per heavy atom. The molecule has 2 N–H and O–H groups in total. The summed E-state index contributed by atoms with van der Waals surface area (Å²) < 4.78 is 5.61. The highest BCUT2D eigenvalue weighted by Gasteiger charge is 2.14. The minimum Gasteiger partial charge on any atom is -0.450 e. The molecule has 104 valence electrons. The first-order valence-corrected chi connectivity index (χ1v) is 6.38. The van der Waals surface area contributed by atoms with E-state index in [0.717, 1.165) is 12.0 Å². The number of nitrogens with two attached hydrogens (primary N) is 1. The molecular formula is C15H16N2O3. The molecule has 5 heteroatoms. The van der Waals surface area contributed by atoms with Crippen LogP contribution in [0.4, 0.5) is 5.69 Å². The van der Waals surface area contributed by atoms with Crippen LogP contribution in [-0.2, 0) is 0 Å². The molecule has 0 radical (unpaired) electrons. The van der Waals surface area contributed by atoms with Gasteiger partial charge in [-0.25, -0.2) is 0 Å². The highest BCUT2D eigenvalue weighted by Crippen LogP contribution is 2.31. The number of para-hydroxylation sites is 2. The first kappa shape index (κ1) is 14.0. The quantitative estimate of drug-likeness (QED) is 0.663. The van der Waals surface area contributed by atoms with Gasteiger partial charge >= 0.3 is 5.69 Å². The van der Waals surface area contributed by atoms with E-state index in [-0.39, 0.29) is 17.5 Å². The van der Waals surface area contributed by atoms with Gasteiger partial charge in [-0.3, -0.25) is 10.1 Å². The third-order valence-corrected chi connectivity index (χ3v) is 3.02. The minimum absolute atomic E-state index is 0.0577. The van der Waals surface area contributed by atoms with Crippen molar-refractivity contribution in [2.24, 2.45) is 5.73 Å². The number of ether oxygens (including phenoxy) is 1. The molecule has 0 amide bonds. The smallest absolute Gasteiger partial charge is 0.311 e. The highest BCUT2D eigenvalue weighted by atomic mass is 16.6. The second-order valence-electron chi connectivity index (χ2n) is 4.41. The van der Waals surface area contributed by atoms with Gasteiger partial charge in [0, 0.05) is 12.1 Å². The van der Waals surface area contributed by atoms with Crippen LogP contribution < -0.4 is 10.5 Å². The van der Waals surface area contributed by atoms with Crippen molar-refractivity contribution in [1.29, 1.82) is 0 Å². The number of rotatable bonds is 5. The van der Waals surface area contributed by atoms with Gasteiger partial charge in [0.15, 0.2) is 0 Å². The van der Waals surface area contributed by atoms with Crippen molar-refractivity contribution in [3.8, 4) is 11.5 Å². The van der Waals surface area contributed by atoms with Crippen molar-refractivity contribution < 1.29 is 9.66 Å². The van der Waals surface area contributed by atoms with Crippen LogP contribution in [0.15, 0.2) is 48.5 Å². The third-order valence-electron chi connectivity index (χ3n) is 3.02. The zero-order chi connectivity index (χ0) is 14.5. The Balaban J connectivity index is 2.29. The molecule has 0 aliphatic heterocycles. The van der Waals surface area contributed by atoms with Crippen LogP contribution in [0.3, 0.4) is 0 Å². The maximum atomic E-state index is 10.9. The van der Waals surface area contributed by atoms with Crippen LogP contribution in [-0.4, -0.2) is 4.92 Å². The van der Waals surface area contributed by atoms with Gasteiger partial charge in [0.05, 0.1) is 4.92 Å². The van der Waals surface area contributed by atoms with Gasteiger partial charge in [-0.1, -0.05) is 31.2 Å². The van der Waals surface area contributed by atoms with Gasteiger partial charge in [-0.2, -0.15) is 0 Å². The summed E-state index contributed by atoms with van der Waals surface area (Å²) in [4.78, 5) is 10.5. The molecule has 1 atom stereocenters. The summed E-state index contributed by atoms with van der Waals surface area (Å²) in [5.41, 5.74) is 6.86. The standard InChI is InChI=1S/C15H16N2O3/c1-2-13(16)11-6-5-7-12(10-11)20-15-9-4-3-8-14(15)17(18)19/h3-10,13H,2,16H2,1H3. The van der Waals surface area contributed by atoms with Crippen LogP contribution in [0.25, 0.3) is 0 Å². The highest BCUT2D eigenvalue weighted by molar-refractivity contribution is 5.48. The van der Waals surface area contributed by atoms with E-state index < -0.39 is 4.92 Å². The number of nitro benzene ring substituents is 1. The summed E-state index contributed by atoms with van der Waals surface area (Å²) in [5.74, 6) is 0.764. The lowest BCUT2D eigenvalue weighted by Gasteiger charge is -2.11. The molecule has 0 fully saturated rings. The monoisotopic (exact) mass is 272 g/mol. The van der Waals surface area contributed by atoms with Gasteiger partial charge in [-0.05, 0) is 30.2 Å². The Morgan fingerprint density at radius 1 is 1.25 bits per heavy atom. The van der Waals surface area contributed by atoms with E-state index in [2.05, 4.69) is 0 Å². The largest absolute Gasteiger partial charge is 0.450 e. The molecule has 0 saturated heterocycles. The Labute approximate surface area is 117 Å². The van der Waals surface area contributed by atoms with E-state index in [4.69, 9.17) is 10.5 Å². The van der Waals surface area contributed by atoms with E-state index >= 15 is 0 Å². The second-order valence-corrected chi connectivity index (χ2v) is 4.41. The molecule has 20 heavy (non-hydrogen) atoms.